The van der Waals surface area contributed by atoms with Crippen LogP contribution >= 0.6 is 0 Å². The molecule has 1 rings (SSSR count). The largest absolute Gasteiger partial charge is 0.389 e. The third-order valence-electron chi connectivity index (χ3n) is 2.59. The molecule has 1 amide bonds. The minimum Gasteiger partial charge on any atom is -0.389 e. The van der Waals surface area contributed by atoms with Crippen molar-refractivity contribution in [3.8, 4) is 0 Å². The Balaban J connectivity index is 2.95. The number of hydrogen-bond acceptors (Lipinski definition) is 3. The van der Waals surface area contributed by atoms with Crippen LogP contribution in [0.3, 0.4) is 0 Å². The fourth-order valence-electron chi connectivity index (χ4n) is 1.82. The van der Waals surface area contributed by atoms with E-state index in [0.717, 1.165) is 5.69 Å². The number of nitrogens with one attached hydrogen (secondary N) is 1. The number of aryl methyl sites for hydroxylation is 2. The van der Waals surface area contributed by atoms with Gasteiger partial charge >= 0.3 is 0 Å². The predicted molar refractivity (Wildman–Crippen MR) is 65.9 cm³/mol. The van der Waals surface area contributed by atoms with Crippen LogP contribution in [-0.2, 0) is 0 Å². The summed E-state index contributed by atoms with van der Waals surface area (Å²) >= 11 is 0. The number of likely N-dealkylation sites (N-methyl/N-ethyl adjacent to an activating group) is 1. The summed E-state index contributed by atoms with van der Waals surface area (Å²) in [6.07, 6.45) is 0. The molecule has 0 saturated heterocycles. The van der Waals surface area contributed by atoms with Crippen LogP contribution in [0.4, 0.5) is 0 Å². The first-order valence-electron chi connectivity index (χ1n) is 5.79. The van der Waals surface area contributed by atoms with Gasteiger partial charge in [0.1, 0.15) is 0 Å². The number of hydrogen-bond donors (Lipinski definition) is 2. The number of nitrogens with zero attached hydrogens (tertiary/aromatic N) is 2. The molecular formula is C12H21N3O2. The maximum Gasteiger partial charge on any atom is 0.257 e. The Labute approximate surface area is 102 Å². The van der Waals surface area contributed by atoms with Gasteiger partial charge < -0.3 is 10.0 Å². The maximum atomic E-state index is 12.3. The van der Waals surface area contributed by atoms with Crippen LogP contribution in [0, 0.1) is 13.8 Å². The molecule has 0 spiro atoms. The fourth-order valence-corrected chi connectivity index (χ4v) is 1.82. The Morgan fingerprint density at radius 2 is 2.06 bits per heavy atom. The summed E-state index contributed by atoms with van der Waals surface area (Å²) < 4.78 is 0. The molecule has 5 heteroatoms. The van der Waals surface area contributed by atoms with E-state index in [9.17, 15) is 9.90 Å². The Morgan fingerprint density at radius 3 is 2.41 bits per heavy atom. The molecular weight excluding hydrogens is 218 g/mol. The van der Waals surface area contributed by atoms with Gasteiger partial charge in [-0.2, -0.15) is 5.10 Å². The molecule has 0 unspecified atom stereocenters. The quantitative estimate of drug-likeness (QED) is 0.831. The van der Waals surface area contributed by atoms with Gasteiger partial charge in [0.15, 0.2) is 0 Å². The zero-order valence-corrected chi connectivity index (χ0v) is 11.2. The average molecular weight is 239 g/mol. The smallest absolute Gasteiger partial charge is 0.257 e. The first-order valence-corrected chi connectivity index (χ1v) is 5.79. The van der Waals surface area contributed by atoms with Crippen LogP contribution in [0.15, 0.2) is 0 Å². The molecule has 2 N–H and O–H groups in total. The van der Waals surface area contributed by atoms with Crippen LogP contribution < -0.4 is 0 Å². The summed E-state index contributed by atoms with van der Waals surface area (Å²) in [4.78, 5) is 13.9. The topological polar surface area (TPSA) is 69.2 Å². The molecule has 0 fully saturated rings. The third-order valence-corrected chi connectivity index (χ3v) is 2.59. The molecule has 0 atom stereocenters. The molecule has 0 aliphatic carbocycles. The van der Waals surface area contributed by atoms with Crippen molar-refractivity contribution >= 4 is 5.91 Å². The second-order valence-corrected chi connectivity index (χ2v) is 4.94. The van der Waals surface area contributed by atoms with E-state index in [-0.39, 0.29) is 5.91 Å². The highest BCUT2D eigenvalue weighted by molar-refractivity contribution is 5.96. The number of carbonyl (C=O) groups excluding carboxylic acids is 1. The van der Waals surface area contributed by atoms with E-state index in [0.29, 0.717) is 24.3 Å². The zero-order valence-electron chi connectivity index (χ0n) is 11.2. The highest BCUT2D eigenvalue weighted by atomic mass is 16.3. The predicted octanol–water partition coefficient (Wildman–Crippen LogP) is 1.26. The van der Waals surface area contributed by atoms with E-state index >= 15 is 0 Å². The molecule has 1 aromatic rings. The van der Waals surface area contributed by atoms with Crippen molar-refractivity contribution in [2.45, 2.75) is 40.2 Å². The molecule has 0 aliphatic rings. The summed E-state index contributed by atoms with van der Waals surface area (Å²) in [6.45, 7) is 9.78. The van der Waals surface area contributed by atoms with Crippen LogP contribution in [-0.4, -0.2) is 44.8 Å². The molecule has 0 radical (unpaired) electrons. The lowest BCUT2D eigenvalue weighted by molar-refractivity contribution is 0.0314. The van der Waals surface area contributed by atoms with Crippen LogP contribution in [0.1, 0.15) is 42.5 Å². The second-order valence-electron chi connectivity index (χ2n) is 4.94. The minimum absolute atomic E-state index is 0.0848. The number of amides is 1. The number of carbonyl (C=O) groups is 1. The number of H-pyrrole nitrogens is 1. The van der Waals surface area contributed by atoms with Crippen molar-refractivity contribution in [1.29, 1.82) is 0 Å². The summed E-state index contributed by atoms with van der Waals surface area (Å²) in [5, 5.41) is 16.6. The summed E-state index contributed by atoms with van der Waals surface area (Å²) in [7, 11) is 0. The van der Waals surface area contributed by atoms with Crippen LogP contribution in [0.5, 0.6) is 0 Å². The normalized spacial score (nSPS) is 11.6. The van der Waals surface area contributed by atoms with E-state index in [1.54, 1.807) is 25.7 Å². The second kappa shape index (κ2) is 4.87. The Kier molecular flexibility index (Phi) is 3.93. The van der Waals surface area contributed by atoms with Gasteiger partial charge in [0.05, 0.1) is 16.9 Å². The van der Waals surface area contributed by atoms with Crippen LogP contribution in [0.25, 0.3) is 0 Å². The SMILES string of the molecule is CCN(CC(C)(C)O)C(=O)c1c(C)n[nH]c1C. The zero-order chi connectivity index (χ0) is 13.2. The van der Waals surface area contributed by atoms with Crippen molar-refractivity contribution in [3.63, 3.8) is 0 Å². The van der Waals surface area contributed by atoms with Crippen molar-refractivity contribution in [2.24, 2.45) is 0 Å². The van der Waals surface area contributed by atoms with Gasteiger partial charge in [0, 0.05) is 18.8 Å². The minimum atomic E-state index is -0.892. The van der Waals surface area contributed by atoms with Crippen molar-refractivity contribution in [1.82, 2.24) is 15.1 Å². The molecule has 1 aromatic heterocycles. The van der Waals surface area contributed by atoms with Crippen molar-refractivity contribution in [2.75, 3.05) is 13.1 Å². The standard InChI is InChI=1S/C12H21N3O2/c1-6-15(7-12(4,5)17)11(16)10-8(2)13-14-9(10)3/h17H,6-7H2,1-5H3,(H,13,14). The van der Waals surface area contributed by atoms with E-state index in [2.05, 4.69) is 10.2 Å². The van der Waals surface area contributed by atoms with Gasteiger partial charge in [-0.05, 0) is 34.6 Å². The van der Waals surface area contributed by atoms with Gasteiger partial charge in [-0.25, -0.2) is 0 Å². The molecule has 17 heavy (non-hydrogen) atoms. The van der Waals surface area contributed by atoms with Gasteiger partial charge in [-0.3, -0.25) is 9.89 Å². The Morgan fingerprint density at radius 1 is 1.47 bits per heavy atom. The van der Waals surface area contributed by atoms with Crippen LogP contribution in [0.2, 0.25) is 0 Å². The lowest BCUT2D eigenvalue weighted by atomic mass is 10.1. The van der Waals surface area contributed by atoms with Gasteiger partial charge in [0.25, 0.3) is 5.91 Å². The molecule has 0 saturated carbocycles. The van der Waals surface area contributed by atoms with Gasteiger partial charge in [0.2, 0.25) is 0 Å². The van der Waals surface area contributed by atoms with E-state index in [4.69, 9.17) is 0 Å². The van der Waals surface area contributed by atoms with E-state index in [1.165, 1.54) is 0 Å². The van der Waals surface area contributed by atoms with Gasteiger partial charge in [-0.1, -0.05) is 0 Å². The highest BCUT2D eigenvalue weighted by Crippen LogP contribution is 2.14. The number of aliphatic hydroxyl groups is 1. The van der Waals surface area contributed by atoms with E-state index in [1.807, 2.05) is 13.8 Å². The fraction of sp³-hybridized carbons (Fsp3) is 0.667. The maximum absolute atomic E-state index is 12.3. The monoisotopic (exact) mass is 239 g/mol. The first kappa shape index (κ1) is 13.7. The third kappa shape index (κ3) is 3.30. The molecule has 0 bridgehead atoms. The lowest BCUT2D eigenvalue weighted by Crippen LogP contribution is -2.42. The highest BCUT2D eigenvalue weighted by Gasteiger charge is 2.25. The summed E-state index contributed by atoms with van der Waals surface area (Å²) in [5.41, 5.74) is 1.18. The molecule has 0 aromatic carbocycles. The number of aromatic amines is 1. The number of rotatable bonds is 4. The van der Waals surface area contributed by atoms with E-state index < -0.39 is 5.60 Å². The first-order chi connectivity index (χ1) is 7.76. The van der Waals surface area contributed by atoms with Crippen molar-refractivity contribution < 1.29 is 9.90 Å². The summed E-state index contributed by atoms with van der Waals surface area (Å²) in [6, 6.07) is 0. The molecule has 5 nitrogen and oxygen atoms in total. The lowest BCUT2D eigenvalue weighted by Gasteiger charge is -2.28. The average Bonchev–Trinajstić information content (AvgIpc) is 2.53. The Hall–Kier alpha value is -1.36. The molecule has 96 valence electrons. The Bertz CT molecular complexity index is 385. The molecule has 0 aliphatic heterocycles. The number of aromatic nitrogens is 2. The van der Waals surface area contributed by atoms with Crippen molar-refractivity contribution in [3.05, 3.63) is 17.0 Å². The van der Waals surface area contributed by atoms with Gasteiger partial charge in [-0.15, -0.1) is 0 Å². The summed E-state index contributed by atoms with van der Waals surface area (Å²) in [5.74, 6) is -0.0848. The molecule has 1 heterocycles.